The normalized spacial score (nSPS) is 9.81. The molecule has 0 atom stereocenters. The van der Waals surface area contributed by atoms with Gasteiger partial charge in [-0.1, -0.05) is 60.1 Å². The minimum Gasteiger partial charge on any atom is -0.477 e. The maximum Gasteiger partial charge on any atom is 0.344 e. The number of aliphatic carboxylic acids is 1. The highest BCUT2D eigenvalue weighted by Gasteiger charge is 2.01. The van der Waals surface area contributed by atoms with E-state index in [-0.39, 0.29) is 5.57 Å². The van der Waals surface area contributed by atoms with Gasteiger partial charge in [0.05, 0.1) is 0 Å². The summed E-state index contributed by atoms with van der Waals surface area (Å²) < 4.78 is 0. The van der Waals surface area contributed by atoms with Crippen LogP contribution in [0.4, 0.5) is 0 Å². The lowest BCUT2D eigenvalue weighted by atomic mass is 10.2. The molecular formula is C19H12O2. The minimum absolute atomic E-state index is 0.0257. The molecule has 1 N–H and O–H groups in total. The lowest BCUT2D eigenvalue weighted by molar-refractivity contribution is -0.132. The molecule has 2 rings (SSSR count). The molecule has 0 aliphatic carbocycles. The van der Waals surface area contributed by atoms with E-state index in [1.54, 1.807) is 0 Å². The molecule has 0 fully saturated rings. The van der Waals surface area contributed by atoms with Gasteiger partial charge in [-0.25, -0.2) is 4.79 Å². The Morgan fingerprint density at radius 1 is 0.857 bits per heavy atom. The Morgan fingerprint density at radius 3 is 1.90 bits per heavy atom. The molecule has 2 aromatic rings. The number of carbonyl (C=O) groups is 1. The Labute approximate surface area is 123 Å². The van der Waals surface area contributed by atoms with Gasteiger partial charge >= 0.3 is 5.97 Å². The Kier molecular flexibility index (Phi) is 4.99. The van der Waals surface area contributed by atoms with Gasteiger partial charge in [0.2, 0.25) is 0 Å². The quantitative estimate of drug-likeness (QED) is 0.640. The van der Waals surface area contributed by atoms with Crippen molar-refractivity contribution in [3.63, 3.8) is 0 Å². The van der Waals surface area contributed by atoms with Crippen LogP contribution in [0.5, 0.6) is 0 Å². The smallest absolute Gasteiger partial charge is 0.344 e. The monoisotopic (exact) mass is 272 g/mol. The third kappa shape index (κ3) is 4.74. The van der Waals surface area contributed by atoms with E-state index < -0.39 is 5.97 Å². The third-order valence-corrected chi connectivity index (χ3v) is 2.55. The van der Waals surface area contributed by atoms with Gasteiger partial charge < -0.3 is 5.11 Å². The number of rotatable bonds is 1. The van der Waals surface area contributed by atoms with Crippen molar-refractivity contribution in [2.45, 2.75) is 0 Å². The number of allylic oxidation sites excluding steroid dienone is 1. The highest BCUT2D eigenvalue weighted by molar-refractivity contribution is 5.92. The summed E-state index contributed by atoms with van der Waals surface area (Å²) in [6.07, 6.45) is 1.32. The molecule has 0 aromatic heterocycles. The van der Waals surface area contributed by atoms with E-state index in [0.717, 1.165) is 11.1 Å². The molecule has 0 saturated carbocycles. The molecule has 0 saturated heterocycles. The number of carboxylic acids is 1. The predicted molar refractivity (Wildman–Crippen MR) is 82.4 cm³/mol. The van der Waals surface area contributed by atoms with Crippen LogP contribution in [0, 0.1) is 23.7 Å². The van der Waals surface area contributed by atoms with Crippen LogP contribution in [0.15, 0.2) is 72.3 Å². The second-order valence-corrected chi connectivity index (χ2v) is 4.11. The summed E-state index contributed by atoms with van der Waals surface area (Å²) in [5.41, 5.74) is 1.57. The van der Waals surface area contributed by atoms with Gasteiger partial charge in [-0.15, -0.1) is 0 Å². The maximum absolute atomic E-state index is 11.1. The van der Waals surface area contributed by atoms with Crippen LogP contribution in [-0.4, -0.2) is 11.1 Å². The molecule has 2 aromatic carbocycles. The fourth-order valence-electron chi connectivity index (χ4n) is 1.53. The van der Waals surface area contributed by atoms with Gasteiger partial charge in [0.15, 0.2) is 0 Å². The molecule has 0 spiro atoms. The van der Waals surface area contributed by atoms with E-state index in [0.29, 0.717) is 0 Å². The highest BCUT2D eigenvalue weighted by Crippen LogP contribution is 1.99. The standard InChI is InChI=1S/C19H12O2/c20-19(21)18(15-14-17-10-5-2-6-11-17)13-7-12-16-8-3-1-4-9-16/h1-6,8-11,13H,(H,20,21)/b18-13+. The van der Waals surface area contributed by atoms with Crippen molar-refractivity contribution < 1.29 is 9.90 Å². The summed E-state index contributed by atoms with van der Waals surface area (Å²) in [4.78, 5) is 11.1. The minimum atomic E-state index is -1.08. The largest absolute Gasteiger partial charge is 0.477 e. The molecule has 21 heavy (non-hydrogen) atoms. The van der Waals surface area contributed by atoms with Gasteiger partial charge in [0.1, 0.15) is 5.57 Å². The first-order valence-corrected chi connectivity index (χ1v) is 6.33. The summed E-state index contributed by atoms with van der Waals surface area (Å²) in [5.74, 6) is 9.95. The molecule has 100 valence electrons. The fourth-order valence-corrected chi connectivity index (χ4v) is 1.53. The van der Waals surface area contributed by atoms with Gasteiger partial charge in [-0.2, -0.15) is 0 Å². The van der Waals surface area contributed by atoms with Gasteiger partial charge in [0, 0.05) is 17.2 Å². The van der Waals surface area contributed by atoms with Crippen molar-refractivity contribution in [3.05, 3.63) is 83.4 Å². The zero-order chi connectivity index (χ0) is 14.9. The molecule has 0 amide bonds. The number of benzene rings is 2. The second kappa shape index (κ2) is 7.38. The summed E-state index contributed by atoms with van der Waals surface area (Å²) in [6.45, 7) is 0. The van der Waals surface area contributed by atoms with Crippen LogP contribution in [-0.2, 0) is 4.79 Å². The number of carboxylic acid groups (broad SMARTS) is 1. The average molecular weight is 272 g/mol. The molecule has 0 heterocycles. The second-order valence-electron chi connectivity index (χ2n) is 4.11. The van der Waals surface area contributed by atoms with E-state index in [2.05, 4.69) is 23.7 Å². The lowest BCUT2D eigenvalue weighted by Crippen LogP contribution is -1.97. The molecule has 0 aliphatic heterocycles. The van der Waals surface area contributed by atoms with Crippen molar-refractivity contribution in [2.24, 2.45) is 0 Å². The molecule has 2 nitrogen and oxygen atoms in total. The predicted octanol–water partition coefficient (Wildman–Crippen LogP) is 3.10. The molecule has 0 radical (unpaired) electrons. The zero-order valence-corrected chi connectivity index (χ0v) is 11.2. The molecular weight excluding hydrogens is 260 g/mol. The molecule has 0 aliphatic rings. The zero-order valence-electron chi connectivity index (χ0n) is 11.2. The molecule has 0 bridgehead atoms. The van der Waals surface area contributed by atoms with Crippen molar-refractivity contribution in [1.82, 2.24) is 0 Å². The van der Waals surface area contributed by atoms with Crippen molar-refractivity contribution in [1.29, 1.82) is 0 Å². The van der Waals surface area contributed by atoms with Gasteiger partial charge in [0.25, 0.3) is 0 Å². The van der Waals surface area contributed by atoms with Crippen molar-refractivity contribution >= 4 is 5.97 Å². The Hall–Kier alpha value is -3.23. The van der Waals surface area contributed by atoms with E-state index in [4.69, 9.17) is 5.11 Å². The first kappa shape index (κ1) is 14.2. The summed E-state index contributed by atoms with van der Waals surface area (Å²) in [5, 5.41) is 9.11. The number of hydrogen-bond donors (Lipinski definition) is 1. The van der Waals surface area contributed by atoms with E-state index >= 15 is 0 Å². The highest BCUT2D eigenvalue weighted by atomic mass is 16.4. The van der Waals surface area contributed by atoms with Gasteiger partial charge in [-0.05, 0) is 24.3 Å². The third-order valence-electron chi connectivity index (χ3n) is 2.55. The van der Waals surface area contributed by atoms with Crippen LogP contribution in [0.1, 0.15) is 11.1 Å². The van der Waals surface area contributed by atoms with E-state index in [1.807, 2.05) is 60.7 Å². The molecule has 0 unspecified atom stereocenters. The van der Waals surface area contributed by atoms with Crippen molar-refractivity contribution in [2.75, 3.05) is 0 Å². The number of hydrogen-bond acceptors (Lipinski definition) is 1. The van der Waals surface area contributed by atoms with Crippen LogP contribution in [0.25, 0.3) is 0 Å². The Balaban J connectivity index is 2.21. The van der Waals surface area contributed by atoms with Crippen LogP contribution in [0.2, 0.25) is 0 Å². The molecule has 2 heteroatoms. The topological polar surface area (TPSA) is 37.3 Å². The van der Waals surface area contributed by atoms with Crippen LogP contribution < -0.4 is 0 Å². The van der Waals surface area contributed by atoms with E-state index in [9.17, 15) is 4.79 Å². The van der Waals surface area contributed by atoms with Crippen molar-refractivity contribution in [3.8, 4) is 23.7 Å². The first-order chi connectivity index (χ1) is 10.3. The SMILES string of the molecule is O=C(O)/C(C#Cc1ccccc1)=C/C#Cc1ccccc1. The summed E-state index contributed by atoms with van der Waals surface area (Å²) in [7, 11) is 0. The van der Waals surface area contributed by atoms with E-state index in [1.165, 1.54) is 6.08 Å². The van der Waals surface area contributed by atoms with Crippen LogP contribution in [0.3, 0.4) is 0 Å². The van der Waals surface area contributed by atoms with Gasteiger partial charge in [-0.3, -0.25) is 0 Å². The summed E-state index contributed by atoms with van der Waals surface area (Å²) >= 11 is 0. The van der Waals surface area contributed by atoms with Crippen LogP contribution >= 0.6 is 0 Å². The first-order valence-electron chi connectivity index (χ1n) is 6.33. The maximum atomic E-state index is 11.1. The fraction of sp³-hybridized carbons (Fsp3) is 0. The Morgan fingerprint density at radius 2 is 1.38 bits per heavy atom. The lowest BCUT2D eigenvalue weighted by Gasteiger charge is -1.89. The summed E-state index contributed by atoms with van der Waals surface area (Å²) in [6, 6.07) is 18.6. The average Bonchev–Trinajstić information content (AvgIpc) is 2.52. The Bertz CT molecular complexity index is 764.